The number of rotatable bonds is 1. The molecule has 0 spiro atoms. The first-order valence-corrected chi connectivity index (χ1v) is 3.22. The van der Waals surface area contributed by atoms with Crippen molar-refractivity contribution in [2.45, 2.75) is 0 Å². The second-order valence-electron chi connectivity index (χ2n) is 2.23. The van der Waals surface area contributed by atoms with Crippen LogP contribution in [0.4, 0.5) is 19.3 Å². The number of hydrogen-bond acceptors (Lipinski definition) is 3. The monoisotopic (exact) mass is 188 g/mol. The van der Waals surface area contributed by atoms with Gasteiger partial charge in [0, 0.05) is 12.1 Å². The Morgan fingerprint density at radius 1 is 1.31 bits per heavy atom. The fraction of sp³-hybridized carbons (Fsp3) is 0. The zero-order chi connectivity index (χ0) is 10.0. The summed E-state index contributed by atoms with van der Waals surface area (Å²) in [5.41, 5.74) is 9.27. The molecule has 0 fully saturated rings. The van der Waals surface area contributed by atoms with Crippen LogP contribution in [0.3, 0.4) is 0 Å². The van der Waals surface area contributed by atoms with E-state index in [0.717, 1.165) is 0 Å². The van der Waals surface area contributed by atoms with Gasteiger partial charge >= 0.3 is 6.09 Å². The molecule has 1 rings (SSSR count). The van der Waals surface area contributed by atoms with Crippen LogP contribution < -0.4 is 16.2 Å². The predicted octanol–water partition coefficient (Wildman–Crippen LogP) is 1.00. The smallest absolute Gasteiger partial charge is 0.407 e. The van der Waals surface area contributed by atoms with Gasteiger partial charge in [-0.15, -0.1) is 0 Å². The third-order valence-corrected chi connectivity index (χ3v) is 1.26. The highest BCUT2D eigenvalue weighted by Gasteiger charge is 2.10. The number of benzene rings is 1. The number of nitrogen functional groups attached to an aromatic ring is 1. The van der Waals surface area contributed by atoms with Crippen LogP contribution in [-0.4, -0.2) is 6.09 Å². The molecule has 70 valence electrons. The molecule has 0 saturated heterocycles. The number of nitrogens with two attached hydrogens (primary N) is 2. The molecule has 0 aliphatic carbocycles. The topological polar surface area (TPSA) is 78.3 Å². The Bertz CT molecular complexity index is 355. The van der Waals surface area contributed by atoms with E-state index in [0.29, 0.717) is 12.1 Å². The average Bonchev–Trinajstić information content (AvgIpc) is 1.99. The molecule has 0 saturated carbocycles. The molecule has 0 atom stereocenters. The molecule has 0 unspecified atom stereocenters. The van der Waals surface area contributed by atoms with Crippen LogP contribution >= 0.6 is 0 Å². The molecule has 1 aromatic rings. The van der Waals surface area contributed by atoms with E-state index in [4.69, 9.17) is 5.73 Å². The first-order valence-electron chi connectivity index (χ1n) is 3.22. The van der Waals surface area contributed by atoms with Crippen molar-refractivity contribution < 1.29 is 18.3 Å². The molecule has 0 aliphatic heterocycles. The zero-order valence-electron chi connectivity index (χ0n) is 6.38. The number of primary amides is 1. The number of anilines is 1. The van der Waals surface area contributed by atoms with Gasteiger partial charge in [0.25, 0.3) is 0 Å². The number of carbonyl (C=O) groups excluding carboxylic acids is 1. The fourth-order valence-corrected chi connectivity index (χ4v) is 0.731. The molecule has 0 aromatic heterocycles. The Labute approximate surface area is 72.1 Å². The van der Waals surface area contributed by atoms with Crippen LogP contribution in [0, 0.1) is 11.6 Å². The van der Waals surface area contributed by atoms with E-state index in [-0.39, 0.29) is 5.69 Å². The molecule has 0 heterocycles. The molecule has 0 radical (unpaired) electrons. The maximum absolute atomic E-state index is 12.8. The molecule has 6 heteroatoms. The minimum atomic E-state index is -1.22. The summed E-state index contributed by atoms with van der Waals surface area (Å²) in [5.74, 6) is -2.41. The first kappa shape index (κ1) is 9.24. The Morgan fingerprint density at radius 3 is 2.46 bits per heavy atom. The molecule has 0 bridgehead atoms. The lowest BCUT2D eigenvalue weighted by Gasteiger charge is -2.03. The zero-order valence-corrected chi connectivity index (χ0v) is 6.38. The average molecular weight is 188 g/mol. The van der Waals surface area contributed by atoms with E-state index in [9.17, 15) is 13.6 Å². The van der Waals surface area contributed by atoms with Crippen LogP contribution in [0.15, 0.2) is 12.1 Å². The van der Waals surface area contributed by atoms with Gasteiger partial charge in [0.2, 0.25) is 0 Å². The van der Waals surface area contributed by atoms with Gasteiger partial charge in [-0.3, -0.25) is 0 Å². The van der Waals surface area contributed by atoms with Gasteiger partial charge in [-0.25, -0.2) is 13.6 Å². The van der Waals surface area contributed by atoms with E-state index in [2.05, 4.69) is 10.5 Å². The number of amides is 1. The molecule has 1 aromatic carbocycles. The van der Waals surface area contributed by atoms with Crippen molar-refractivity contribution in [1.29, 1.82) is 0 Å². The molecule has 4 nitrogen and oxygen atoms in total. The van der Waals surface area contributed by atoms with Gasteiger partial charge in [-0.1, -0.05) is 0 Å². The largest absolute Gasteiger partial charge is 0.410 e. The summed E-state index contributed by atoms with van der Waals surface area (Å²) in [6.07, 6.45) is -1.22. The van der Waals surface area contributed by atoms with Gasteiger partial charge in [-0.2, -0.15) is 0 Å². The minimum absolute atomic E-state index is 0.366. The fourth-order valence-electron chi connectivity index (χ4n) is 0.731. The molecule has 1 amide bonds. The Morgan fingerprint density at radius 2 is 1.92 bits per heavy atom. The summed E-state index contributed by atoms with van der Waals surface area (Å²) >= 11 is 0. The van der Waals surface area contributed by atoms with Gasteiger partial charge in [0.1, 0.15) is 5.82 Å². The van der Waals surface area contributed by atoms with E-state index in [1.54, 1.807) is 0 Å². The molecule has 13 heavy (non-hydrogen) atoms. The highest BCUT2D eigenvalue weighted by Crippen LogP contribution is 2.22. The van der Waals surface area contributed by atoms with E-state index in [1.807, 2.05) is 0 Å². The molecular weight excluding hydrogens is 182 g/mol. The SMILES string of the molecule is NC(=O)Oc1cc(F)c(N)cc1F. The van der Waals surface area contributed by atoms with Crippen molar-refractivity contribution in [3.63, 3.8) is 0 Å². The Hall–Kier alpha value is -1.85. The van der Waals surface area contributed by atoms with Crippen LogP contribution in [0.2, 0.25) is 0 Å². The third kappa shape index (κ3) is 2.05. The summed E-state index contributed by atoms with van der Waals surface area (Å²) in [6, 6.07) is 1.35. The lowest BCUT2D eigenvalue weighted by molar-refractivity contribution is 0.208. The number of halogens is 2. The summed E-state index contributed by atoms with van der Waals surface area (Å²) in [4.78, 5) is 10.2. The lowest BCUT2D eigenvalue weighted by atomic mass is 10.3. The van der Waals surface area contributed by atoms with E-state index >= 15 is 0 Å². The van der Waals surface area contributed by atoms with E-state index in [1.165, 1.54) is 0 Å². The number of carbonyl (C=O) groups is 1. The van der Waals surface area contributed by atoms with Gasteiger partial charge in [-0.05, 0) is 0 Å². The highest BCUT2D eigenvalue weighted by atomic mass is 19.1. The first-order chi connectivity index (χ1) is 6.00. The predicted molar refractivity (Wildman–Crippen MR) is 41.0 cm³/mol. The highest BCUT2D eigenvalue weighted by molar-refractivity contribution is 5.68. The van der Waals surface area contributed by atoms with Crippen molar-refractivity contribution in [2.75, 3.05) is 5.73 Å². The Balaban J connectivity index is 3.08. The van der Waals surface area contributed by atoms with Crippen molar-refractivity contribution >= 4 is 11.8 Å². The minimum Gasteiger partial charge on any atom is -0.407 e. The van der Waals surface area contributed by atoms with Crippen LogP contribution in [-0.2, 0) is 0 Å². The van der Waals surface area contributed by atoms with Crippen LogP contribution in [0.5, 0.6) is 5.75 Å². The Kier molecular flexibility index (Phi) is 2.32. The van der Waals surface area contributed by atoms with E-state index < -0.39 is 23.5 Å². The third-order valence-electron chi connectivity index (χ3n) is 1.26. The van der Waals surface area contributed by atoms with Gasteiger partial charge < -0.3 is 16.2 Å². The van der Waals surface area contributed by atoms with Gasteiger partial charge in [0.15, 0.2) is 11.6 Å². The lowest BCUT2D eigenvalue weighted by Crippen LogP contribution is -2.17. The number of hydrogen-bond donors (Lipinski definition) is 2. The molecule has 4 N–H and O–H groups in total. The van der Waals surface area contributed by atoms with Crippen LogP contribution in [0.25, 0.3) is 0 Å². The van der Waals surface area contributed by atoms with Gasteiger partial charge in [0.05, 0.1) is 5.69 Å². The van der Waals surface area contributed by atoms with Crippen molar-refractivity contribution in [3.8, 4) is 5.75 Å². The van der Waals surface area contributed by atoms with Crippen molar-refractivity contribution in [1.82, 2.24) is 0 Å². The summed E-state index contributed by atoms with van der Waals surface area (Å²) in [6.45, 7) is 0. The summed E-state index contributed by atoms with van der Waals surface area (Å²) in [7, 11) is 0. The normalized spacial score (nSPS) is 9.69. The van der Waals surface area contributed by atoms with Crippen molar-refractivity contribution in [2.24, 2.45) is 5.73 Å². The second-order valence-corrected chi connectivity index (χ2v) is 2.23. The standard InChI is InChI=1S/C7H6F2N2O2/c8-3-2-6(13-7(11)12)4(9)1-5(3)10/h1-2H,10H2,(H2,11,12). The summed E-state index contributed by atoms with van der Waals surface area (Å²) < 4.78 is 29.6. The molecule has 0 aliphatic rings. The second kappa shape index (κ2) is 3.26. The quantitative estimate of drug-likeness (QED) is 0.645. The summed E-state index contributed by atoms with van der Waals surface area (Å²) in [5, 5.41) is 0. The van der Waals surface area contributed by atoms with Crippen LogP contribution in [0.1, 0.15) is 0 Å². The maximum atomic E-state index is 12.8. The number of ether oxygens (including phenoxy) is 1. The molecular formula is C7H6F2N2O2. The maximum Gasteiger partial charge on any atom is 0.410 e. The van der Waals surface area contributed by atoms with Crippen molar-refractivity contribution in [3.05, 3.63) is 23.8 Å².